The summed E-state index contributed by atoms with van der Waals surface area (Å²) in [5.41, 5.74) is -0.678. The van der Waals surface area contributed by atoms with E-state index in [-0.39, 0.29) is 24.6 Å². The topological polar surface area (TPSA) is 75.1 Å². The molecule has 0 aromatic heterocycles. The number of nitrogens with one attached hydrogen (secondary N) is 2. The number of guanidine groups is 1. The average Bonchev–Trinajstić information content (AvgIpc) is 2.74. The molecule has 0 heterocycles. The van der Waals surface area contributed by atoms with E-state index in [0.29, 0.717) is 29.7 Å². The van der Waals surface area contributed by atoms with Crippen LogP contribution in [-0.4, -0.2) is 38.4 Å². The van der Waals surface area contributed by atoms with E-state index in [1.54, 1.807) is 25.1 Å². The number of rotatable bonds is 8. The molecule has 170 valence electrons. The van der Waals surface area contributed by atoms with E-state index in [1.807, 2.05) is 0 Å². The maximum absolute atomic E-state index is 13.3. The summed E-state index contributed by atoms with van der Waals surface area (Å²) in [6, 6.07) is 7.43. The summed E-state index contributed by atoms with van der Waals surface area (Å²) in [7, 11) is 2.98. The number of benzene rings is 2. The number of ether oxygens (including phenoxy) is 2. The van der Waals surface area contributed by atoms with Gasteiger partial charge in [0.2, 0.25) is 0 Å². The molecule has 1 unspecified atom stereocenters. The molecule has 3 N–H and O–H groups in total. The summed E-state index contributed by atoms with van der Waals surface area (Å²) in [6.07, 6.45) is -5.64. The molecule has 0 bridgehead atoms. The van der Waals surface area contributed by atoms with Gasteiger partial charge in [0.1, 0.15) is 5.82 Å². The summed E-state index contributed by atoms with van der Waals surface area (Å²) in [5, 5.41) is 16.2. The minimum atomic E-state index is -4.69. The van der Waals surface area contributed by atoms with Crippen LogP contribution in [0.25, 0.3) is 0 Å². The number of aliphatic hydroxyl groups excluding tert-OH is 1. The Morgan fingerprint density at radius 3 is 2.39 bits per heavy atom. The van der Waals surface area contributed by atoms with Crippen LogP contribution in [0.15, 0.2) is 41.4 Å². The zero-order valence-electron chi connectivity index (χ0n) is 17.4. The fourth-order valence-electron chi connectivity index (χ4n) is 2.83. The number of hydrogen-bond acceptors (Lipinski definition) is 4. The van der Waals surface area contributed by atoms with Crippen LogP contribution in [-0.2, 0) is 12.7 Å². The second-order valence-corrected chi connectivity index (χ2v) is 6.51. The van der Waals surface area contributed by atoms with Crippen LogP contribution in [0.1, 0.15) is 29.7 Å². The second kappa shape index (κ2) is 10.9. The van der Waals surface area contributed by atoms with Crippen molar-refractivity contribution in [1.29, 1.82) is 0 Å². The van der Waals surface area contributed by atoms with Crippen molar-refractivity contribution in [2.75, 3.05) is 27.3 Å². The van der Waals surface area contributed by atoms with Crippen molar-refractivity contribution in [2.24, 2.45) is 4.99 Å². The Morgan fingerprint density at radius 1 is 1.06 bits per heavy atom. The van der Waals surface area contributed by atoms with Crippen molar-refractivity contribution in [3.8, 4) is 11.5 Å². The lowest BCUT2D eigenvalue weighted by Gasteiger charge is -2.17. The highest BCUT2D eigenvalue weighted by Gasteiger charge is 2.33. The molecule has 0 aliphatic carbocycles. The molecule has 2 aromatic carbocycles. The van der Waals surface area contributed by atoms with E-state index >= 15 is 0 Å². The Morgan fingerprint density at radius 2 is 1.77 bits per heavy atom. The molecular formula is C21H25F4N3O3. The minimum Gasteiger partial charge on any atom is -0.493 e. The van der Waals surface area contributed by atoms with Crippen molar-refractivity contribution >= 4 is 5.96 Å². The number of methoxy groups -OCH3 is 2. The number of aliphatic imine (C=N–C) groups is 1. The van der Waals surface area contributed by atoms with Gasteiger partial charge in [0.15, 0.2) is 17.5 Å². The highest BCUT2D eigenvalue weighted by Crippen LogP contribution is 2.33. The maximum atomic E-state index is 13.3. The van der Waals surface area contributed by atoms with E-state index in [0.717, 1.165) is 12.1 Å². The molecule has 0 radical (unpaired) electrons. The third-order valence-corrected chi connectivity index (χ3v) is 4.38. The van der Waals surface area contributed by atoms with Crippen LogP contribution in [0.4, 0.5) is 17.6 Å². The average molecular weight is 443 g/mol. The molecule has 2 rings (SSSR count). The normalized spacial score (nSPS) is 13.0. The van der Waals surface area contributed by atoms with E-state index in [9.17, 15) is 22.7 Å². The largest absolute Gasteiger partial charge is 0.493 e. The molecule has 2 aromatic rings. The third kappa shape index (κ3) is 6.74. The third-order valence-electron chi connectivity index (χ3n) is 4.38. The Kier molecular flexibility index (Phi) is 8.49. The molecule has 1 atom stereocenters. The van der Waals surface area contributed by atoms with Crippen LogP contribution in [0.2, 0.25) is 0 Å². The smallest absolute Gasteiger partial charge is 0.416 e. The van der Waals surface area contributed by atoms with Gasteiger partial charge < -0.3 is 25.2 Å². The first-order valence-corrected chi connectivity index (χ1v) is 9.47. The lowest BCUT2D eigenvalue weighted by molar-refractivity contribution is -0.138. The van der Waals surface area contributed by atoms with Crippen LogP contribution >= 0.6 is 0 Å². The molecule has 6 nitrogen and oxygen atoms in total. The second-order valence-electron chi connectivity index (χ2n) is 6.51. The van der Waals surface area contributed by atoms with E-state index in [1.165, 1.54) is 14.2 Å². The van der Waals surface area contributed by atoms with Crippen molar-refractivity contribution < 1.29 is 32.1 Å². The SMILES string of the molecule is CCNC(=NCc1ccc(F)cc1C(F)(F)F)NCC(O)c1ccc(OC)c(OC)c1. The molecule has 0 saturated heterocycles. The highest BCUT2D eigenvalue weighted by molar-refractivity contribution is 5.79. The zero-order chi connectivity index (χ0) is 23.0. The molecular weight excluding hydrogens is 418 g/mol. The molecule has 0 aliphatic heterocycles. The molecule has 0 amide bonds. The Balaban J connectivity index is 2.12. The van der Waals surface area contributed by atoms with Crippen LogP contribution in [0.3, 0.4) is 0 Å². The van der Waals surface area contributed by atoms with Crippen LogP contribution in [0, 0.1) is 5.82 Å². The summed E-state index contributed by atoms with van der Waals surface area (Å²) in [5.74, 6) is 0.208. The highest BCUT2D eigenvalue weighted by atomic mass is 19.4. The fraction of sp³-hybridized carbons (Fsp3) is 0.381. The van der Waals surface area contributed by atoms with Crippen molar-refractivity contribution in [3.63, 3.8) is 0 Å². The maximum Gasteiger partial charge on any atom is 0.416 e. The van der Waals surface area contributed by atoms with Gasteiger partial charge in [-0.1, -0.05) is 12.1 Å². The van der Waals surface area contributed by atoms with Gasteiger partial charge >= 0.3 is 6.18 Å². The van der Waals surface area contributed by atoms with Crippen LogP contribution in [0.5, 0.6) is 11.5 Å². The van der Waals surface area contributed by atoms with Gasteiger partial charge in [-0.3, -0.25) is 0 Å². The van der Waals surface area contributed by atoms with Gasteiger partial charge in [-0.05, 0) is 42.3 Å². The summed E-state index contributed by atoms with van der Waals surface area (Å²) >= 11 is 0. The zero-order valence-corrected chi connectivity index (χ0v) is 17.4. The van der Waals surface area contributed by atoms with Gasteiger partial charge in [-0.2, -0.15) is 13.2 Å². The van der Waals surface area contributed by atoms with Crippen molar-refractivity contribution in [3.05, 3.63) is 58.9 Å². The summed E-state index contributed by atoms with van der Waals surface area (Å²) in [4.78, 5) is 4.13. The Bertz CT molecular complexity index is 904. The van der Waals surface area contributed by atoms with E-state index < -0.39 is 23.7 Å². The summed E-state index contributed by atoms with van der Waals surface area (Å²) < 4.78 is 63.1. The first kappa shape index (κ1) is 24.3. The number of alkyl halides is 3. The van der Waals surface area contributed by atoms with Gasteiger partial charge in [0, 0.05) is 13.1 Å². The monoisotopic (exact) mass is 443 g/mol. The fourth-order valence-corrected chi connectivity index (χ4v) is 2.83. The van der Waals surface area contributed by atoms with E-state index in [2.05, 4.69) is 15.6 Å². The summed E-state index contributed by atoms with van der Waals surface area (Å²) in [6.45, 7) is 1.96. The minimum absolute atomic E-state index is 0.0386. The molecule has 0 spiro atoms. The van der Waals surface area contributed by atoms with Gasteiger partial charge in [0.25, 0.3) is 0 Å². The molecule has 0 aliphatic rings. The standard InChI is InChI=1S/C21H25F4N3O3/c1-4-26-20(27-11-14-5-7-15(22)10-16(14)21(23,24)25)28-12-17(29)13-6-8-18(30-2)19(9-13)31-3/h5-10,17,29H,4,11-12H2,1-3H3,(H2,26,27,28). The first-order valence-electron chi connectivity index (χ1n) is 9.47. The van der Waals surface area contributed by atoms with E-state index in [4.69, 9.17) is 9.47 Å². The Labute approximate surface area is 177 Å². The quantitative estimate of drug-likeness (QED) is 0.330. The van der Waals surface area contributed by atoms with Gasteiger partial charge in [-0.15, -0.1) is 0 Å². The first-order chi connectivity index (χ1) is 14.7. The number of halogens is 4. The Hall–Kier alpha value is -3.01. The van der Waals surface area contributed by atoms with Crippen molar-refractivity contribution in [2.45, 2.75) is 25.7 Å². The lowest BCUT2D eigenvalue weighted by atomic mass is 10.1. The molecule has 0 fully saturated rings. The molecule has 0 saturated carbocycles. The van der Waals surface area contributed by atoms with Crippen molar-refractivity contribution in [1.82, 2.24) is 10.6 Å². The van der Waals surface area contributed by atoms with Gasteiger partial charge in [-0.25, -0.2) is 9.38 Å². The predicted octanol–water partition coefficient (Wildman–Crippen LogP) is 3.65. The molecule has 31 heavy (non-hydrogen) atoms. The van der Waals surface area contributed by atoms with Crippen LogP contribution < -0.4 is 20.1 Å². The number of aliphatic hydroxyl groups is 1. The predicted molar refractivity (Wildman–Crippen MR) is 109 cm³/mol. The number of hydrogen-bond donors (Lipinski definition) is 3. The van der Waals surface area contributed by atoms with Gasteiger partial charge in [0.05, 0.1) is 32.4 Å². The lowest BCUT2D eigenvalue weighted by Crippen LogP contribution is -2.39. The number of nitrogens with zero attached hydrogens (tertiary/aromatic N) is 1. The molecule has 10 heteroatoms.